The number of ether oxygens (including phenoxy) is 1. The number of aliphatic hydroxyl groups excluding tert-OH is 1. The number of para-hydroxylation sites is 1. The number of hydrogen-bond acceptors (Lipinski definition) is 5. The first-order valence-corrected chi connectivity index (χ1v) is 8.55. The molecule has 2 atom stereocenters. The van der Waals surface area contributed by atoms with Gasteiger partial charge < -0.3 is 19.9 Å². The summed E-state index contributed by atoms with van der Waals surface area (Å²) in [6.07, 6.45) is -1.21. The highest BCUT2D eigenvalue weighted by atomic mass is 16.5. The molecule has 1 aromatic heterocycles. The van der Waals surface area contributed by atoms with Crippen molar-refractivity contribution in [3.05, 3.63) is 71.4 Å². The standard InChI is InChI=1S/C20H20N2O4/c23-19(24)18-17-14(13-8-4-5-9-15(13)21-17)10-16(22-18)20(25)26-11-12-6-2-1-3-7-12/h1-9,16,18-19,21-24H,10-11H2. The fraction of sp³-hybridized carbons (Fsp3) is 0.250. The van der Waals surface area contributed by atoms with E-state index in [0.717, 1.165) is 22.0 Å². The van der Waals surface area contributed by atoms with Crippen molar-refractivity contribution in [1.82, 2.24) is 10.3 Å². The number of carbonyl (C=O) groups excluding carboxylic acids is 1. The van der Waals surface area contributed by atoms with Gasteiger partial charge in [-0.25, -0.2) is 0 Å². The topological polar surface area (TPSA) is 94.6 Å². The van der Waals surface area contributed by atoms with Gasteiger partial charge in [0.2, 0.25) is 0 Å². The third-order valence-electron chi connectivity index (χ3n) is 4.75. The summed E-state index contributed by atoms with van der Waals surface area (Å²) in [5.41, 5.74) is 3.43. The molecule has 3 aromatic rings. The van der Waals surface area contributed by atoms with E-state index < -0.39 is 24.3 Å². The smallest absolute Gasteiger partial charge is 0.323 e. The average Bonchev–Trinajstić information content (AvgIpc) is 3.04. The molecule has 6 nitrogen and oxygen atoms in total. The molecule has 0 amide bonds. The van der Waals surface area contributed by atoms with Crippen LogP contribution in [0, 0.1) is 0 Å². The van der Waals surface area contributed by atoms with Crippen LogP contribution in [0.15, 0.2) is 54.6 Å². The van der Waals surface area contributed by atoms with Crippen LogP contribution in [-0.2, 0) is 22.6 Å². The Labute approximate surface area is 150 Å². The molecule has 2 aromatic carbocycles. The fourth-order valence-corrected chi connectivity index (χ4v) is 3.49. The molecule has 0 aliphatic carbocycles. The lowest BCUT2D eigenvalue weighted by Crippen LogP contribution is -2.49. The third kappa shape index (κ3) is 3.10. The zero-order chi connectivity index (χ0) is 18.1. The van der Waals surface area contributed by atoms with E-state index in [1.807, 2.05) is 54.6 Å². The highest BCUT2D eigenvalue weighted by Crippen LogP contribution is 2.33. The van der Waals surface area contributed by atoms with E-state index in [2.05, 4.69) is 10.3 Å². The van der Waals surface area contributed by atoms with Gasteiger partial charge in [0.05, 0.1) is 6.04 Å². The molecule has 1 aliphatic rings. The van der Waals surface area contributed by atoms with Crippen molar-refractivity contribution < 1.29 is 19.7 Å². The molecule has 0 fully saturated rings. The number of nitrogens with one attached hydrogen (secondary N) is 2. The number of aliphatic hydroxyl groups is 2. The van der Waals surface area contributed by atoms with Crippen LogP contribution in [0.3, 0.4) is 0 Å². The summed E-state index contributed by atoms with van der Waals surface area (Å²) in [5, 5.41) is 23.5. The summed E-state index contributed by atoms with van der Waals surface area (Å²) in [4.78, 5) is 15.8. The Bertz CT molecular complexity index is 920. The number of benzene rings is 2. The zero-order valence-electron chi connectivity index (χ0n) is 14.1. The predicted octanol–water partition coefficient (Wildman–Crippen LogP) is 1.78. The summed E-state index contributed by atoms with van der Waals surface area (Å²) in [5.74, 6) is -0.407. The normalized spacial score (nSPS) is 19.5. The first kappa shape index (κ1) is 16.8. The van der Waals surface area contributed by atoms with Crippen molar-refractivity contribution in [1.29, 1.82) is 0 Å². The van der Waals surface area contributed by atoms with Crippen LogP contribution in [-0.4, -0.2) is 33.5 Å². The molecule has 4 rings (SSSR count). The number of rotatable bonds is 4. The SMILES string of the molecule is O=C(OCc1ccccc1)C1Cc2c([nH]c3ccccc23)C(C(O)O)N1. The summed E-state index contributed by atoms with van der Waals surface area (Å²) >= 11 is 0. The van der Waals surface area contributed by atoms with Gasteiger partial charge in [-0.2, -0.15) is 0 Å². The van der Waals surface area contributed by atoms with E-state index in [1.165, 1.54) is 0 Å². The lowest BCUT2D eigenvalue weighted by molar-refractivity contribution is -0.149. The van der Waals surface area contributed by atoms with Crippen LogP contribution < -0.4 is 5.32 Å². The number of esters is 1. The molecule has 1 aliphatic heterocycles. The second-order valence-corrected chi connectivity index (χ2v) is 6.47. The van der Waals surface area contributed by atoms with Gasteiger partial charge in [-0.15, -0.1) is 0 Å². The van der Waals surface area contributed by atoms with Gasteiger partial charge in [-0.3, -0.25) is 10.1 Å². The Kier molecular flexibility index (Phi) is 4.46. The zero-order valence-corrected chi connectivity index (χ0v) is 14.1. The Morgan fingerprint density at radius 1 is 1.12 bits per heavy atom. The van der Waals surface area contributed by atoms with Gasteiger partial charge in [0.25, 0.3) is 0 Å². The molecule has 2 heterocycles. The number of H-pyrrole nitrogens is 1. The number of carbonyl (C=O) groups is 1. The molecule has 6 heteroatoms. The first-order valence-electron chi connectivity index (χ1n) is 8.55. The number of aromatic amines is 1. The molecule has 4 N–H and O–H groups in total. The van der Waals surface area contributed by atoms with Crippen LogP contribution in [0.5, 0.6) is 0 Å². The number of fused-ring (bicyclic) bond motifs is 3. The van der Waals surface area contributed by atoms with E-state index in [1.54, 1.807) is 0 Å². The lowest BCUT2D eigenvalue weighted by Gasteiger charge is -2.31. The largest absolute Gasteiger partial charge is 0.460 e. The maximum atomic E-state index is 12.5. The van der Waals surface area contributed by atoms with E-state index >= 15 is 0 Å². The van der Waals surface area contributed by atoms with Gasteiger partial charge in [0, 0.05) is 23.0 Å². The molecule has 134 valence electrons. The molecule has 0 saturated carbocycles. The van der Waals surface area contributed by atoms with E-state index in [-0.39, 0.29) is 6.61 Å². The minimum absolute atomic E-state index is 0.185. The highest BCUT2D eigenvalue weighted by molar-refractivity contribution is 5.87. The van der Waals surface area contributed by atoms with Gasteiger partial charge in [0.1, 0.15) is 12.6 Å². The minimum Gasteiger partial charge on any atom is -0.460 e. The van der Waals surface area contributed by atoms with Gasteiger partial charge in [-0.1, -0.05) is 48.5 Å². The third-order valence-corrected chi connectivity index (χ3v) is 4.75. The second-order valence-electron chi connectivity index (χ2n) is 6.47. The average molecular weight is 352 g/mol. The molecular formula is C20H20N2O4. The van der Waals surface area contributed by atoms with Crippen molar-refractivity contribution in [3.8, 4) is 0 Å². The van der Waals surface area contributed by atoms with Crippen molar-refractivity contribution >= 4 is 16.9 Å². The number of aromatic nitrogens is 1. The molecular weight excluding hydrogens is 332 g/mol. The van der Waals surface area contributed by atoms with Gasteiger partial charge >= 0.3 is 5.97 Å². The van der Waals surface area contributed by atoms with Crippen LogP contribution >= 0.6 is 0 Å². The Balaban J connectivity index is 1.58. The van der Waals surface area contributed by atoms with Crippen molar-refractivity contribution in [3.63, 3.8) is 0 Å². The van der Waals surface area contributed by atoms with E-state index in [0.29, 0.717) is 12.1 Å². The molecule has 0 spiro atoms. The van der Waals surface area contributed by atoms with Gasteiger partial charge in [0.15, 0.2) is 6.29 Å². The monoisotopic (exact) mass is 352 g/mol. The van der Waals surface area contributed by atoms with Crippen molar-refractivity contribution in [2.75, 3.05) is 0 Å². The first-order chi connectivity index (χ1) is 12.6. The quantitative estimate of drug-likeness (QED) is 0.424. The predicted molar refractivity (Wildman–Crippen MR) is 96.1 cm³/mol. The molecule has 0 saturated heterocycles. The number of hydrogen-bond donors (Lipinski definition) is 4. The Hall–Kier alpha value is -2.67. The van der Waals surface area contributed by atoms with Crippen molar-refractivity contribution in [2.45, 2.75) is 31.4 Å². The lowest BCUT2D eigenvalue weighted by atomic mass is 9.93. The summed E-state index contributed by atoms with van der Waals surface area (Å²) in [6.45, 7) is 0.185. The van der Waals surface area contributed by atoms with Crippen LogP contribution in [0.4, 0.5) is 0 Å². The van der Waals surface area contributed by atoms with E-state index in [9.17, 15) is 15.0 Å². The second kappa shape index (κ2) is 6.92. The highest BCUT2D eigenvalue weighted by Gasteiger charge is 2.36. The summed E-state index contributed by atoms with van der Waals surface area (Å²) < 4.78 is 5.42. The van der Waals surface area contributed by atoms with Crippen LogP contribution in [0.25, 0.3) is 10.9 Å². The fourth-order valence-electron chi connectivity index (χ4n) is 3.49. The van der Waals surface area contributed by atoms with Crippen LogP contribution in [0.1, 0.15) is 22.9 Å². The molecule has 26 heavy (non-hydrogen) atoms. The van der Waals surface area contributed by atoms with Crippen LogP contribution in [0.2, 0.25) is 0 Å². The Morgan fingerprint density at radius 3 is 2.62 bits per heavy atom. The summed E-state index contributed by atoms with van der Waals surface area (Å²) in [7, 11) is 0. The molecule has 2 unspecified atom stereocenters. The van der Waals surface area contributed by atoms with Gasteiger partial charge in [-0.05, 0) is 17.2 Å². The van der Waals surface area contributed by atoms with E-state index in [4.69, 9.17) is 4.74 Å². The molecule has 0 bridgehead atoms. The molecule has 0 radical (unpaired) electrons. The maximum absolute atomic E-state index is 12.5. The van der Waals surface area contributed by atoms with Crippen molar-refractivity contribution in [2.24, 2.45) is 0 Å². The minimum atomic E-state index is -1.63. The Morgan fingerprint density at radius 2 is 1.85 bits per heavy atom. The summed E-state index contributed by atoms with van der Waals surface area (Å²) in [6, 6.07) is 15.8. The maximum Gasteiger partial charge on any atom is 0.323 e.